The van der Waals surface area contributed by atoms with E-state index in [9.17, 15) is 4.79 Å². The number of carbonyl (C=O) groups is 1. The van der Waals surface area contributed by atoms with E-state index in [1.165, 1.54) is 11.3 Å². The molecule has 152 valence electrons. The van der Waals surface area contributed by atoms with E-state index in [1.54, 1.807) is 31.4 Å². The molecule has 0 bridgehead atoms. The fraction of sp³-hybridized carbons (Fsp3) is 0.238. The molecule has 0 saturated carbocycles. The molecule has 0 spiro atoms. The minimum absolute atomic E-state index is 0.107. The van der Waals surface area contributed by atoms with E-state index in [2.05, 4.69) is 10.3 Å². The van der Waals surface area contributed by atoms with Gasteiger partial charge in [-0.1, -0.05) is 23.7 Å². The molecule has 0 unspecified atom stereocenters. The predicted molar refractivity (Wildman–Crippen MR) is 113 cm³/mol. The molecule has 1 heterocycles. The van der Waals surface area contributed by atoms with Crippen LogP contribution in [0, 0.1) is 0 Å². The van der Waals surface area contributed by atoms with Gasteiger partial charge >= 0.3 is 0 Å². The third-order valence-electron chi connectivity index (χ3n) is 3.87. The zero-order valence-electron chi connectivity index (χ0n) is 15.9. The maximum atomic E-state index is 12.1. The van der Waals surface area contributed by atoms with E-state index < -0.39 is 0 Å². The number of halogens is 1. The van der Waals surface area contributed by atoms with Crippen LogP contribution < -0.4 is 19.5 Å². The molecule has 0 atom stereocenters. The summed E-state index contributed by atoms with van der Waals surface area (Å²) in [5.41, 5.74) is 0.716. The van der Waals surface area contributed by atoms with E-state index in [4.69, 9.17) is 25.8 Å². The summed E-state index contributed by atoms with van der Waals surface area (Å²) in [6.45, 7) is 1.09. The van der Waals surface area contributed by atoms with Crippen molar-refractivity contribution >= 4 is 28.8 Å². The molecule has 1 N–H and O–H groups in total. The first-order valence-electron chi connectivity index (χ1n) is 8.98. The van der Waals surface area contributed by atoms with Gasteiger partial charge in [-0.15, -0.1) is 11.3 Å². The molecule has 1 aromatic heterocycles. The highest BCUT2D eigenvalue weighted by molar-refractivity contribution is 7.09. The zero-order chi connectivity index (χ0) is 20.5. The van der Waals surface area contributed by atoms with Crippen LogP contribution in [0.3, 0.4) is 0 Å². The molecule has 0 saturated heterocycles. The second-order valence-corrected chi connectivity index (χ2v) is 7.38. The van der Waals surface area contributed by atoms with Crippen molar-refractivity contribution in [2.45, 2.75) is 13.0 Å². The van der Waals surface area contributed by atoms with Crippen LogP contribution >= 0.6 is 22.9 Å². The van der Waals surface area contributed by atoms with Gasteiger partial charge in [0.05, 0.1) is 25.8 Å². The highest BCUT2D eigenvalue weighted by Crippen LogP contribution is 2.25. The maximum Gasteiger partial charge on any atom is 0.226 e. The number of rotatable bonds is 10. The van der Waals surface area contributed by atoms with Crippen molar-refractivity contribution in [1.29, 1.82) is 0 Å². The van der Waals surface area contributed by atoms with E-state index in [0.717, 1.165) is 10.8 Å². The Morgan fingerprint density at radius 2 is 1.86 bits per heavy atom. The number of ether oxygens (including phenoxy) is 3. The van der Waals surface area contributed by atoms with Crippen LogP contribution in [0.2, 0.25) is 5.02 Å². The summed E-state index contributed by atoms with van der Waals surface area (Å²) in [4.78, 5) is 16.5. The maximum absolute atomic E-state index is 12.1. The minimum Gasteiger partial charge on any atom is -0.493 e. The molecule has 8 heteroatoms. The second-order valence-electron chi connectivity index (χ2n) is 6.00. The Bertz CT molecular complexity index is 930. The number of hydrogen-bond donors (Lipinski definition) is 1. The molecular formula is C21H21ClN2O4S. The predicted octanol–water partition coefficient (Wildman–Crippen LogP) is 4.12. The van der Waals surface area contributed by atoms with Crippen molar-refractivity contribution < 1.29 is 19.0 Å². The van der Waals surface area contributed by atoms with Crippen LogP contribution in [0.1, 0.15) is 10.7 Å². The fourth-order valence-corrected chi connectivity index (χ4v) is 3.32. The number of benzene rings is 2. The van der Waals surface area contributed by atoms with Crippen molar-refractivity contribution in [3.63, 3.8) is 0 Å². The van der Waals surface area contributed by atoms with Gasteiger partial charge in [-0.3, -0.25) is 4.79 Å². The lowest BCUT2D eigenvalue weighted by atomic mass is 10.3. The third kappa shape index (κ3) is 6.66. The number of para-hydroxylation sites is 2. The molecule has 29 heavy (non-hydrogen) atoms. The summed E-state index contributed by atoms with van der Waals surface area (Å²) in [6, 6.07) is 14.5. The molecule has 1 amide bonds. The summed E-state index contributed by atoms with van der Waals surface area (Å²) in [5, 5.41) is 6.16. The Hall–Kier alpha value is -2.77. The number of thiazole rings is 1. The summed E-state index contributed by atoms with van der Waals surface area (Å²) in [6.07, 6.45) is 0.214. The van der Waals surface area contributed by atoms with Crippen LogP contribution in [0.4, 0.5) is 0 Å². The summed E-state index contributed by atoms with van der Waals surface area (Å²) in [7, 11) is 1.59. The molecule has 3 aromatic rings. The van der Waals surface area contributed by atoms with E-state index >= 15 is 0 Å². The number of methoxy groups -OCH3 is 1. The van der Waals surface area contributed by atoms with E-state index in [1.807, 2.05) is 29.6 Å². The van der Waals surface area contributed by atoms with Gasteiger partial charge in [-0.2, -0.15) is 0 Å². The molecule has 0 aliphatic heterocycles. The average Bonchev–Trinajstić information content (AvgIpc) is 3.18. The van der Waals surface area contributed by atoms with E-state index in [0.29, 0.717) is 42.0 Å². The van der Waals surface area contributed by atoms with E-state index in [-0.39, 0.29) is 12.3 Å². The van der Waals surface area contributed by atoms with Gasteiger partial charge in [0, 0.05) is 10.4 Å². The normalized spacial score (nSPS) is 10.4. The van der Waals surface area contributed by atoms with Gasteiger partial charge < -0.3 is 19.5 Å². The van der Waals surface area contributed by atoms with Crippen LogP contribution in [-0.4, -0.2) is 31.2 Å². The Kier molecular flexibility index (Phi) is 7.72. The molecule has 0 aliphatic rings. The van der Waals surface area contributed by atoms with Crippen molar-refractivity contribution in [2.75, 3.05) is 20.3 Å². The van der Waals surface area contributed by atoms with Crippen molar-refractivity contribution in [3.8, 4) is 17.2 Å². The summed E-state index contributed by atoms with van der Waals surface area (Å²) >= 11 is 7.32. The fourth-order valence-electron chi connectivity index (χ4n) is 2.49. The molecular weight excluding hydrogens is 412 g/mol. The number of hydrogen-bond acceptors (Lipinski definition) is 6. The van der Waals surface area contributed by atoms with Gasteiger partial charge in [-0.05, 0) is 36.4 Å². The highest BCUT2D eigenvalue weighted by atomic mass is 35.5. The topological polar surface area (TPSA) is 69.7 Å². The van der Waals surface area contributed by atoms with Gasteiger partial charge in [0.25, 0.3) is 0 Å². The van der Waals surface area contributed by atoms with Gasteiger partial charge in [-0.25, -0.2) is 4.98 Å². The third-order valence-corrected chi connectivity index (χ3v) is 4.99. The quantitative estimate of drug-likeness (QED) is 0.488. The molecule has 0 aliphatic carbocycles. The molecule has 0 radical (unpaired) electrons. The largest absolute Gasteiger partial charge is 0.493 e. The summed E-state index contributed by atoms with van der Waals surface area (Å²) in [5.74, 6) is 1.92. The highest BCUT2D eigenvalue weighted by Gasteiger charge is 2.09. The van der Waals surface area contributed by atoms with Gasteiger partial charge in [0.2, 0.25) is 5.91 Å². The average molecular weight is 433 g/mol. The number of aromatic nitrogens is 1. The standard InChI is InChI=1S/C21H21ClN2O4S/c1-26-18-4-2-3-5-19(18)27-11-10-23-20(25)12-16-14-29-21(24-16)13-28-17-8-6-15(22)7-9-17/h2-9,14H,10-13H2,1H3,(H,23,25). The molecule has 0 fully saturated rings. The first-order chi connectivity index (χ1) is 14.1. The summed E-state index contributed by atoms with van der Waals surface area (Å²) < 4.78 is 16.5. The molecule has 2 aromatic carbocycles. The van der Waals surface area contributed by atoms with Gasteiger partial charge in [0.15, 0.2) is 11.5 Å². The zero-order valence-corrected chi connectivity index (χ0v) is 17.5. The molecule has 6 nitrogen and oxygen atoms in total. The lowest BCUT2D eigenvalue weighted by molar-refractivity contribution is -0.120. The first-order valence-corrected chi connectivity index (χ1v) is 10.2. The van der Waals surface area contributed by atoms with Crippen LogP contribution in [0.25, 0.3) is 0 Å². The number of nitrogens with zero attached hydrogens (tertiary/aromatic N) is 1. The Morgan fingerprint density at radius 1 is 1.10 bits per heavy atom. The van der Waals surface area contributed by atoms with Crippen molar-refractivity contribution in [1.82, 2.24) is 10.3 Å². The minimum atomic E-state index is -0.107. The first kappa shape index (κ1) is 21.0. The number of carbonyl (C=O) groups excluding carboxylic acids is 1. The lowest BCUT2D eigenvalue weighted by Crippen LogP contribution is -2.29. The Balaban J connectivity index is 1.38. The van der Waals surface area contributed by atoms with Gasteiger partial charge in [0.1, 0.15) is 24.0 Å². The van der Waals surface area contributed by atoms with Crippen LogP contribution in [-0.2, 0) is 17.8 Å². The monoisotopic (exact) mass is 432 g/mol. The smallest absolute Gasteiger partial charge is 0.226 e. The molecule has 3 rings (SSSR count). The van der Waals surface area contributed by atoms with Crippen LogP contribution in [0.15, 0.2) is 53.9 Å². The Morgan fingerprint density at radius 3 is 2.62 bits per heavy atom. The lowest BCUT2D eigenvalue weighted by Gasteiger charge is -2.10. The number of amides is 1. The van der Waals surface area contributed by atoms with Crippen molar-refractivity contribution in [3.05, 3.63) is 69.6 Å². The van der Waals surface area contributed by atoms with Crippen LogP contribution in [0.5, 0.6) is 17.2 Å². The Labute approximate surface area is 178 Å². The number of nitrogens with one attached hydrogen (secondary N) is 1. The second kappa shape index (κ2) is 10.7. The SMILES string of the molecule is COc1ccccc1OCCNC(=O)Cc1csc(COc2ccc(Cl)cc2)n1. The van der Waals surface area contributed by atoms with Crippen molar-refractivity contribution in [2.24, 2.45) is 0 Å².